The number of urea groups is 1. The largest absolute Gasteiger partial charge is 0.480 e. The normalized spacial score (nSPS) is 12.1. The van der Waals surface area contributed by atoms with Crippen LogP contribution >= 0.6 is 0 Å². The van der Waals surface area contributed by atoms with Gasteiger partial charge in [-0.15, -0.1) is 0 Å². The quantitative estimate of drug-likeness (QED) is 0.116. The van der Waals surface area contributed by atoms with Crippen LogP contribution in [0.5, 0.6) is 0 Å². The fourth-order valence-corrected chi connectivity index (χ4v) is 4.80. The van der Waals surface area contributed by atoms with Gasteiger partial charge in [-0.1, -0.05) is 68.4 Å². The molecule has 258 valence electrons. The van der Waals surface area contributed by atoms with Gasteiger partial charge in [-0.3, -0.25) is 4.79 Å². The highest BCUT2D eigenvalue weighted by Crippen LogP contribution is 2.16. The van der Waals surface area contributed by atoms with E-state index in [9.17, 15) is 29.1 Å². The highest BCUT2D eigenvalue weighted by molar-refractivity contribution is 5.94. The van der Waals surface area contributed by atoms with Crippen LogP contribution in [0.25, 0.3) is 11.0 Å². The number of ether oxygens (including phenoxy) is 2. The molecule has 2 atom stereocenters. The topological polar surface area (TPSA) is 192 Å². The zero-order valence-corrected chi connectivity index (χ0v) is 27.5. The number of hydrogen-bond donors (Lipinski definition) is 5. The van der Waals surface area contributed by atoms with Crippen molar-refractivity contribution in [3.05, 3.63) is 101 Å². The maximum atomic E-state index is 13.6. The first kappa shape index (κ1) is 35.9. The number of para-hydroxylation sites is 2. The number of nitrogens with zero attached hydrogens (tertiary/aromatic N) is 2. The van der Waals surface area contributed by atoms with Gasteiger partial charge in [-0.25, -0.2) is 24.2 Å². The summed E-state index contributed by atoms with van der Waals surface area (Å²) >= 11 is 0. The molecule has 0 saturated heterocycles. The van der Waals surface area contributed by atoms with Gasteiger partial charge in [0.05, 0.1) is 24.2 Å². The number of aromatic nitrogens is 2. The number of nitrogens with one attached hydrogen (secondary N) is 4. The Bertz CT molecular complexity index is 1710. The van der Waals surface area contributed by atoms with Gasteiger partial charge in [-0.05, 0) is 48.2 Å². The van der Waals surface area contributed by atoms with E-state index in [1.807, 2.05) is 44.2 Å². The summed E-state index contributed by atoms with van der Waals surface area (Å²) in [5.41, 5.74) is 3.19. The van der Waals surface area contributed by atoms with Gasteiger partial charge in [-0.2, -0.15) is 0 Å². The van der Waals surface area contributed by atoms with Crippen LogP contribution in [0.15, 0.2) is 78.9 Å². The van der Waals surface area contributed by atoms with Crippen molar-refractivity contribution in [2.75, 3.05) is 13.2 Å². The van der Waals surface area contributed by atoms with Gasteiger partial charge in [0.15, 0.2) is 0 Å². The highest BCUT2D eigenvalue weighted by Gasteiger charge is 2.28. The summed E-state index contributed by atoms with van der Waals surface area (Å²) < 4.78 is 10.2. The number of imidazole rings is 1. The molecule has 3 aromatic carbocycles. The molecular formula is C35H40N6O8. The second kappa shape index (κ2) is 17.3. The summed E-state index contributed by atoms with van der Waals surface area (Å²) in [5.74, 6) is -2.14. The van der Waals surface area contributed by atoms with Crippen molar-refractivity contribution < 1.29 is 38.6 Å². The number of aromatic amines is 1. The predicted octanol–water partition coefficient (Wildman–Crippen LogP) is 3.97. The van der Waals surface area contributed by atoms with Crippen molar-refractivity contribution in [1.82, 2.24) is 30.8 Å². The minimum atomic E-state index is -1.43. The number of benzene rings is 3. The van der Waals surface area contributed by atoms with Crippen LogP contribution in [0.2, 0.25) is 0 Å². The Hall–Kier alpha value is -5.92. The molecule has 1 unspecified atom stereocenters. The van der Waals surface area contributed by atoms with E-state index in [1.165, 1.54) is 17.0 Å². The molecule has 14 nitrogen and oxygen atoms in total. The average molecular weight is 673 g/mol. The third-order valence-corrected chi connectivity index (χ3v) is 7.41. The minimum absolute atomic E-state index is 0.0429. The monoisotopic (exact) mass is 672 g/mol. The Morgan fingerprint density at radius 2 is 1.55 bits per heavy atom. The van der Waals surface area contributed by atoms with E-state index < -0.39 is 42.1 Å². The van der Waals surface area contributed by atoms with Crippen LogP contribution in [0, 0.1) is 5.92 Å². The van der Waals surface area contributed by atoms with Crippen LogP contribution in [0.1, 0.15) is 48.1 Å². The van der Waals surface area contributed by atoms with Crippen LogP contribution in [-0.2, 0) is 38.8 Å². The number of fused-ring (bicyclic) bond motifs is 1. The van der Waals surface area contributed by atoms with Crippen molar-refractivity contribution in [3.8, 4) is 0 Å². The second-order valence-electron chi connectivity index (χ2n) is 11.5. The zero-order chi connectivity index (χ0) is 35.3. The first-order valence-corrected chi connectivity index (χ1v) is 15.8. The van der Waals surface area contributed by atoms with E-state index in [0.717, 1.165) is 16.6 Å². The number of alkyl carbamates (subject to hydrolysis) is 1. The first-order chi connectivity index (χ1) is 23.5. The molecule has 4 rings (SSSR count). The number of amides is 4. The van der Waals surface area contributed by atoms with E-state index >= 15 is 0 Å². The van der Waals surface area contributed by atoms with Crippen molar-refractivity contribution in [2.24, 2.45) is 5.92 Å². The lowest BCUT2D eigenvalue weighted by atomic mass is 10.1. The van der Waals surface area contributed by atoms with E-state index in [2.05, 4.69) is 25.9 Å². The van der Waals surface area contributed by atoms with Gasteiger partial charge in [0.1, 0.15) is 24.5 Å². The highest BCUT2D eigenvalue weighted by atomic mass is 16.5. The van der Waals surface area contributed by atoms with Gasteiger partial charge in [0.2, 0.25) is 0 Å². The Balaban J connectivity index is 1.40. The first-order valence-electron chi connectivity index (χ1n) is 15.8. The van der Waals surface area contributed by atoms with Crippen LogP contribution in [0.4, 0.5) is 9.59 Å². The van der Waals surface area contributed by atoms with E-state index in [1.54, 1.807) is 43.3 Å². The summed E-state index contributed by atoms with van der Waals surface area (Å²) in [6, 6.07) is 19.9. The van der Waals surface area contributed by atoms with Gasteiger partial charge >= 0.3 is 24.1 Å². The smallest absolute Gasteiger partial charge is 0.408 e. The van der Waals surface area contributed by atoms with Crippen LogP contribution in [0.3, 0.4) is 0 Å². The number of esters is 1. The average Bonchev–Trinajstić information content (AvgIpc) is 3.50. The molecule has 1 heterocycles. The van der Waals surface area contributed by atoms with Gasteiger partial charge < -0.3 is 40.4 Å². The molecule has 0 aliphatic carbocycles. The van der Waals surface area contributed by atoms with Crippen molar-refractivity contribution in [1.29, 1.82) is 0 Å². The predicted molar refractivity (Wildman–Crippen MR) is 179 cm³/mol. The van der Waals surface area contributed by atoms with E-state index in [-0.39, 0.29) is 44.3 Å². The second-order valence-corrected chi connectivity index (χ2v) is 11.5. The van der Waals surface area contributed by atoms with Crippen molar-refractivity contribution in [2.45, 2.75) is 52.6 Å². The molecule has 14 heteroatoms. The number of aliphatic carboxylic acids is 1. The summed E-state index contributed by atoms with van der Waals surface area (Å²) in [6.45, 7) is 5.25. The Labute approximate surface area is 283 Å². The van der Waals surface area contributed by atoms with Crippen LogP contribution in [-0.4, -0.2) is 75.2 Å². The number of carboxylic acids is 1. The molecule has 0 spiro atoms. The number of carbonyl (C=O) groups excluding carboxylic acids is 4. The maximum absolute atomic E-state index is 13.6. The summed E-state index contributed by atoms with van der Waals surface area (Å²) in [4.78, 5) is 72.2. The Kier molecular flexibility index (Phi) is 12.7. The molecule has 0 aliphatic heterocycles. The molecule has 0 saturated carbocycles. The lowest BCUT2D eigenvalue weighted by Gasteiger charge is -2.27. The molecule has 0 fully saturated rings. The Morgan fingerprint density at radius 1 is 0.857 bits per heavy atom. The van der Waals surface area contributed by atoms with Gasteiger partial charge in [0.25, 0.3) is 5.91 Å². The molecular weight excluding hydrogens is 632 g/mol. The van der Waals surface area contributed by atoms with Crippen molar-refractivity contribution in [3.63, 3.8) is 0 Å². The fourth-order valence-electron chi connectivity index (χ4n) is 4.80. The molecule has 0 bridgehead atoms. The molecule has 1 aromatic heterocycles. The number of carbonyl (C=O) groups is 5. The SMILES string of the molecule is CCOC(=O)[C@@H](NC(=O)N(Cc1ccc(C(=O)NCC(NC(=O)OCc2ccccc2)C(=O)O)cc1)Cc1nc2ccccc2[nH]1)C(C)C. The third-order valence-electron chi connectivity index (χ3n) is 7.41. The summed E-state index contributed by atoms with van der Waals surface area (Å²) in [6.07, 6.45) is -0.937. The van der Waals surface area contributed by atoms with E-state index in [0.29, 0.717) is 11.4 Å². The molecule has 4 aromatic rings. The number of H-pyrrole nitrogens is 1. The molecule has 5 N–H and O–H groups in total. The maximum Gasteiger partial charge on any atom is 0.408 e. The molecule has 4 amide bonds. The van der Waals surface area contributed by atoms with E-state index in [4.69, 9.17) is 9.47 Å². The minimum Gasteiger partial charge on any atom is -0.480 e. The number of rotatable bonds is 15. The number of hydrogen-bond acceptors (Lipinski definition) is 8. The van der Waals surface area contributed by atoms with Crippen molar-refractivity contribution >= 4 is 41.0 Å². The molecule has 49 heavy (non-hydrogen) atoms. The summed E-state index contributed by atoms with van der Waals surface area (Å²) in [5, 5.41) is 17.1. The Morgan fingerprint density at radius 3 is 2.20 bits per heavy atom. The standard InChI is InChI=1S/C35H40N6O8/c1-4-48-33(45)30(22(2)3)40-34(46)41(20-29-37-26-12-8-9-13-27(26)38-29)19-23-14-16-25(17-15-23)31(42)36-18-28(32(43)44)39-35(47)49-21-24-10-6-5-7-11-24/h5-17,22,28,30H,4,18-21H2,1-3H3,(H,36,42)(H,37,38)(H,39,47)(H,40,46)(H,43,44)/t28?,30-/m0/s1. The molecule has 0 radical (unpaired) electrons. The zero-order valence-electron chi connectivity index (χ0n) is 27.5. The summed E-state index contributed by atoms with van der Waals surface area (Å²) in [7, 11) is 0. The molecule has 0 aliphatic rings. The van der Waals surface area contributed by atoms with Crippen LogP contribution < -0.4 is 16.0 Å². The van der Waals surface area contributed by atoms with Gasteiger partial charge in [0, 0.05) is 18.7 Å². The lowest BCUT2D eigenvalue weighted by molar-refractivity contribution is -0.146. The fraction of sp³-hybridized carbons (Fsp3) is 0.314. The number of carboxylic acid groups (broad SMARTS) is 1. The lowest BCUT2D eigenvalue weighted by Crippen LogP contribution is -2.50. The third kappa shape index (κ3) is 10.5.